The Hall–Kier alpha value is -0.520. The maximum atomic E-state index is 11.5. The second-order valence-corrected chi connectivity index (χ2v) is 1.44. The van der Waals surface area contributed by atoms with Crippen molar-refractivity contribution >= 4 is 17.0 Å². The van der Waals surface area contributed by atoms with Crippen molar-refractivity contribution < 1.29 is 13.2 Å². The fourth-order valence-electron chi connectivity index (χ4n) is 0.409. The van der Waals surface area contributed by atoms with Crippen molar-refractivity contribution in [3.63, 3.8) is 0 Å². The summed E-state index contributed by atoms with van der Waals surface area (Å²) in [5, 5.41) is 0. The van der Waals surface area contributed by atoms with Gasteiger partial charge in [0.1, 0.15) is 6.33 Å². The van der Waals surface area contributed by atoms with Gasteiger partial charge >= 0.3 is 6.30 Å². The molecule has 1 heterocycles. The van der Waals surface area contributed by atoms with Crippen LogP contribution in [0.2, 0.25) is 0 Å². The Morgan fingerprint density at radius 1 is 1.30 bits per heavy atom. The Bertz CT molecular complexity index is 181. The molecule has 0 saturated heterocycles. The van der Waals surface area contributed by atoms with E-state index in [9.17, 15) is 13.2 Å². The lowest BCUT2D eigenvalue weighted by Crippen LogP contribution is -2.13. The number of nitrogens with zero attached hydrogens (tertiary/aromatic N) is 2. The number of halogens is 4. The summed E-state index contributed by atoms with van der Waals surface area (Å²) >= 11 is 0. The predicted molar refractivity (Wildman–Crippen MR) is 33.8 cm³/mol. The van der Waals surface area contributed by atoms with Crippen LogP contribution in [0.1, 0.15) is 0 Å². The minimum absolute atomic E-state index is 0. The van der Waals surface area contributed by atoms with E-state index in [2.05, 4.69) is 4.98 Å². The Morgan fingerprint density at radius 3 is 2.10 bits per heavy atom. The molecule has 0 saturated carbocycles. The predicted octanol–water partition coefficient (Wildman–Crippen LogP) is 1.94. The molecule has 1 aromatic heterocycles. The van der Waals surface area contributed by atoms with Gasteiger partial charge in [-0.15, -0.1) is 30.2 Å². The van der Waals surface area contributed by atoms with E-state index in [0.29, 0.717) is 6.33 Å². The lowest BCUT2D eigenvalue weighted by Gasteiger charge is -2.03. The van der Waals surface area contributed by atoms with Crippen molar-refractivity contribution in [3.8, 4) is 0 Å². The summed E-state index contributed by atoms with van der Waals surface area (Å²) < 4.78 is 34.7. The van der Waals surface area contributed by atoms with Crippen molar-refractivity contribution in [1.82, 2.24) is 9.55 Å². The molecule has 0 N–H and O–H groups in total. The van der Waals surface area contributed by atoms with Gasteiger partial charge in [0, 0.05) is 12.4 Å². The first-order valence-electron chi connectivity index (χ1n) is 2.16. The van der Waals surface area contributed by atoms with Crippen molar-refractivity contribution in [2.24, 2.45) is 0 Å². The highest BCUT2D eigenvalue weighted by molar-refractivity contribution is 8.93. The van der Waals surface area contributed by atoms with Gasteiger partial charge in [0.15, 0.2) is 0 Å². The molecule has 1 rings (SSSR count). The fourth-order valence-corrected chi connectivity index (χ4v) is 0.409. The zero-order valence-electron chi connectivity index (χ0n) is 4.67. The van der Waals surface area contributed by atoms with Gasteiger partial charge < -0.3 is 0 Å². The smallest absolute Gasteiger partial charge is 0.248 e. The van der Waals surface area contributed by atoms with E-state index in [0.717, 1.165) is 12.4 Å². The molecule has 0 aliphatic rings. The highest BCUT2D eigenvalue weighted by atomic mass is 79.9. The lowest BCUT2D eigenvalue weighted by molar-refractivity contribution is -0.204. The molecule has 0 aliphatic heterocycles. The molecule has 0 spiro atoms. The highest BCUT2D eigenvalue weighted by Crippen LogP contribution is 2.20. The summed E-state index contributed by atoms with van der Waals surface area (Å²) in [6.07, 6.45) is -1.69. The molecular weight excluding hydrogens is 213 g/mol. The SMILES string of the molecule is Br.FC(F)(F)n1ccnc1. The minimum atomic E-state index is -4.32. The molecule has 58 valence electrons. The molecule has 1 aromatic rings. The molecule has 0 bridgehead atoms. The van der Waals surface area contributed by atoms with Gasteiger partial charge in [0.25, 0.3) is 0 Å². The summed E-state index contributed by atoms with van der Waals surface area (Å²) in [5.41, 5.74) is 0. The third-order valence-corrected chi connectivity index (χ3v) is 0.797. The zero-order chi connectivity index (χ0) is 6.91. The van der Waals surface area contributed by atoms with E-state index >= 15 is 0 Å². The van der Waals surface area contributed by atoms with Crippen LogP contribution in [-0.2, 0) is 6.30 Å². The molecule has 0 atom stereocenters. The van der Waals surface area contributed by atoms with Gasteiger partial charge in [0.2, 0.25) is 0 Å². The maximum absolute atomic E-state index is 11.5. The van der Waals surface area contributed by atoms with Crippen molar-refractivity contribution in [2.45, 2.75) is 6.30 Å². The summed E-state index contributed by atoms with van der Waals surface area (Å²) in [6.45, 7) is 0. The first-order valence-corrected chi connectivity index (χ1v) is 2.16. The van der Waals surface area contributed by atoms with Crippen molar-refractivity contribution in [3.05, 3.63) is 18.7 Å². The standard InChI is InChI=1S/C4H3F3N2.BrH/c5-4(6,7)9-2-1-8-3-9;/h1-3H;1H. The van der Waals surface area contributed by atoms with Crippen LogP contribution in [0.25, 0.3) is 0 Å². The molecule has 0 aromatic carbocycles. The summed E-state index contributed by atoms with van der Waals surface area (Å²) in [7, 11) is 0. The maximum Gasteiger partial charge on any atom is 0.489 e. The number of hydrogen-bond acceptors (Lipinski definition) is 1. The Kier molecular flexibility index (Phi) is 2.89. The van der Waals surface area contributed by atoms with Crippen molar-refractivity contribution in [1.29, 1.82) is 0 Å². The summed E-state index contributed by atoms with van der Waals surface area (Å²) in [5.74, 6) is 0. The van der Waals surface area contributed by atoms with Gasteiger partial charge in [-0.25, -0.2) is 9.55 Å². The van der Waals surface area contributed by atoms with Gasteiger partial charge in [-0.1, -0.05) is 0 Å². The molecule has 0 radical (unpaired) electrons. The molecule has 0 amide bonds. The van der Waals surface area contributed by atoms with Crippen LogP contribution in [0.5, 0.6) is 0 Å². The number of hydrogen-bond donors (Lipinski definition) is 0. The zero-order valence-corrected chi connectivity index (χ0v) is 6.38. The first-order chi connectivity index (χ1) is 4.11. The van der Waals surface area contributed by atoms with E-state index in [1.54, 1.807) is 0 Å². The number of rotatable bonds is 0. The summed E-state index contributed by atoms with van der Waals surface area (Å²) in [6, 6.07) is 0. The average Bonchev–Trinajstić information content (AvgIpc) is 2.08. The highest BCUT2D eigenvalue weighted by Gasteiger charge is 2.29. The third kappa shape index (κ3) is 2.02. The van der Waals surface area contributed by atoms with Crippen molar-refractivity contribution in [2.75, 3.05) is 0 Å². The minimum Gasteiger partial charge on any atom is -0.248 e. The quantitative estimate of drug-likeness (QED) is 0.649. The van der Waals surface area contributed by atoms with Crippen LogP contribution in [0.15, 0.2) is 18.7 Å². The van der Waals surface area contributed by atoms with Crippen LogP contribution >= 0.6 is 17.0 Å². The molecule has 2 nitrogen and oxygen atoms in total. The lowest BCUT2D eigenvalue weighted by atomic mass is 10.9. The Morgan fingerprint density at radius 2 is 1.90 bits per heavy atom. The molecule has 0 aliphatic carbocycles. The first kappa shape index (κ1) is 9.48. The van der Waals surface area contributed by atoms with Crippen LogP contribution < -0.4 is 0 Å². The van der Waals surface area contributed by atoms with Gasteiger partial charge in [-0.3, -0.25) is 0 Å². The van der Waals surface area contributed by atoms with Gasteiger partial charge in [-0.05, 0) is 0 Å². The van der Waals surface area contributed by atoms with Gasteiger partial charge in [0.05, 0.1) is 0 Å². The number of aromatic nitrogens is 2. The van der Waals surface area contributed by atoms with E-state index in [1.165, 1.54) is 0 Å². The fraction of sp³-hybridized carbons (Fsp3) is 0.250. The van der Waals surface area contributed by atoms with E-state index in [1.807, 2.05) is 0 Å². The molecule has 0 unspecified atom stereocenters. The third-order valence-electron chi connectivity index (χ3n) is 0.797. The summed E-state index contributed by atoms with van der Waals surface area (Å²) in [4.78, 5) is 3.23. The van der Waals surface area contributed by atoms with Crippen LogP contribution in [0.4, 0.5) is 13.2 Å². The number of alkyl halides is 3. The molecular formula is C4H4BrF3N2. The van der Waals surface area contributed by atoms with E-state index in [4.69, 9.17) is 0 Å². The van der Waals surface area contributed by atoms with Crippen LogP contribution in [0, 0.1) is 0 Å². The Balaban J connectivity index is 0.000000810. The second kappa shape index (κ2) is 3.05. The monoisotopic (exact) mass is 216 g/mol. The van der Waals surface area contributed by atoms with Crippen LogP contribution in [0.3, 0.4) is 0 Å². The molecule has 6 heteroatoms. The van der Waals surface area contributed by atoms with Crippen LogP contribution in [-0.4, -0.2) is 9.55 Å². The van der Waals surface area contributed by atoms with E-state index in [-0.39, 0.29) is 21.5 Å². The molecule has 10 heavy (non-hydrogen) atoms. The largest absolute Gasteiger partial charge is 0.489 e. The average molecular weight is 217 g/mol. The normalized spacial score (nSPS) is 10.7. The van der Waals surface area contributed by atoms with E-state index < -0.39 is 6.30 Å². The van der Waals surface area contributed by atoms with Gasteiger partial charge in [-0.2, -0.15) is 0 Å². The molecule has 0 fully saturated rings. The topological polar surface area (TPSA) is 17.8 Å². The Labute approximate surface area is 65.4 Å². The number of imidazole rings is 1. The second-order valence-electron chi connectivity index (χ2n) is 1.44.